The van der Waals surface area contributed by atoms with Crippen molar-refractivity contribution in [2.75, 3.05) is 6.61 Å². The summed E-state index contributed by atoms with van der Waals surface area (Å²) in [4.78, 5) is 17.5. The van der Waals surface area contributed by atoms with Gasteiger partial charge in [0.05, 0.1) is 16.5 Å². The minimum atomic E-state index is -0.292. The van der Waals surface area contributed by atoms with Gasteiger partial charge in [-0.1, -0.05) is 29.3 Å². The first kappa shape index (κ1) is 16.0. The molecule has 0 saturated heterocycles. The Morgan fingerprint density at radius 3 is 2.83 bits per heavy atom. The van der Waals surface area contributed by atoms with Crippen molar-refractivity contribution >= 4 is 40.4 Å². The normalized spacial score (nSPS) is 10.7. The highest BCUT2D eigenvalue weighted by Gasteiger charge is 2.22. The largest absolute Gasteiger partial charge is 0.463 e. The SMILES string of the molecule is CCOc1nc(-c2ccc(Cl)cc2Cl)n(C(=O)c2cccs2)n1. The molecule has 0 saturated carbocycles. The second-order valence-electron chi connectivity index (χ2n) is 4.47. The molecule has 3 rings (SSSR count). The summed E-state index contributed by atoms with van der Waals surface area (Å²) >= 11 is 13.5. The number of halogens is 2. The fourth-order valence-electron chi connectivity index (χ4n) is 1.97. The Labute approximate surface area is 146 Å². The Bertz CT molecular complexity index is 847. The van der Waals surface area contributed by atoms with Crippen molar-refractivity contribution in [2.24, 2.45) is 0 Å². The molecule has 8 heteroatoms. The van der Waals surface area contributed by atoms with Gasteiger partial charge in [-0.25, -0.2) is 0 Å². The van der Waals surface area contributed by atoms with E-state index in [0.717, 1.165) is 0 Å². The summed E-state index contributed by atoms with van der Waals surface area (Å²) < 4.78 is 6.52. The van der Waals surface area contributed by atoms with Crippen LogP contribution in [0.25, 0.3) is 11.4 Å². The van der Waals surface area contributed by atoms with Crippen LogP contribution in [0.4, 0.5) is 0 Å². The average molecular weight is 368 g/mol. The molecule has 0 aliphatic carbocycles. The van der Waals surface area contributed by atoms with Gasteiger partial charge < -0.3 is 4.74 Å². The summed E-state index contributed by atoms with van der Waals surface area (Å²) in [7, 11) is 0. The fraction of sp³-hybridized carbons (Fsp3) is 0.133. The summed E-state index contributed by atoms with van der Waals surface area (Å²) in [6.45, 7) is 2.21. The standard InChI is InChI=1S/C15H11Cl2N3O2S/c1-2-22-15-18-13(10-6-5-9(16)8-11(10)17)20(19-15)14(21)12-4-3-7-23-12/h3-8H,2H2,1H3. The van der Waals surface area contributed by atoms with Gasteiger partial charge in [0.15, 0.2) is 5.82 Å². The van der Waals surface area contributed by atoms with Gasteiger partial charge in [-0.2, -0.15) is 9.67 Å². The zero-order valence-electron chi connectivity index (χ0n) is 12.0. The van der Waals surface area contributed by atoms with Gasteiger partial charge in [0, 0.05) is 10.6 Å². The molecule has 1 aromatic carbocycles. The van der Waals surface area contributed by atoms with Crippen LogP contribution in [-0.4, -0.2) is 27.3 Å². The number of carbonyl (C=O) groups excluding carboxylic acids is 1. The first-order chi connectivity index (χ1) is 11.1. The van der Waals surface area contributed by atoms with E-state index in [9.17, 15) is 4.79 Å². The predicted molar refractivity (Wildman–Crippen MR) is 90.7 cm³/mol. The smallest absolute Gasteiger partial charge is 0.336 e. The topological polar surface area (TPSA) is 57.0 Å². The number of aromatic nitrogens is 3. The number of rotatable bonds is 4. The molecule has 5 nitrogen and oxygen atoms in total. The zero-order chi connectivity index (χ0) is 16.4. The molecule has 0 amide bonds. The molecule has 0 N–H and O–H groups in total. The molecule has 0 aliphatic rings. The Morgan fingerprint density at radius 2 is 2.17 bits per heavy atom. The van der Waals surface area contributed by atoms with Gasteiger partial charge in [-0.15, -0.1) is 16.4 Å². The van der Waals surface area contributed by atoms with Crippen LogP contribution in [0.1, 0.15) is 16.6 Å². The van der Waals surface area contributed by atoms with Gasteiger partial charge in [-0.3, -0.25) is 4.79 Å². The highest BCUT2D eigenvalue weighted by Crippen LogP contribution is 2.30. The fourth-order valence-corrected chi connectivity index (χ4v) is 3.12. The van der Waals surface area contributed by atoms with E-state index < -0.39 is 0 Å². The van der Waals surface area contributed by atoms with Crippen molar-refractivity contribution in [3.63, 3.8) is 0 Å². The lowest BCUT2D eigenvalue weighted by Gasteiger charge is -2.05. The summed E-state index contributed by atoms with van der Waals surface area (Å²) in [6.07, 6.45) is 0. The van der Waals surface area contributed by atoms with E-state index in [2.05, 4.69) is 10.1 Å². The number of thiophene rings is 1. The molecule has 118 valence electrons. The summed E-state index contributed by atoms with van der Waals surface area (Å²) in [5.41, 5.74) is 0.555. The van der Waals surface area contributed by atoms with E-state index in [1.807, 2.05) is 12.3 Å². The lowest BCUT2D eigenvalue weighted by molar-refractivity contribution is 0.0949. The minimum Gasteiger partial charge on any atom is -0.463 e. The maximum absolute atomic E-state index is 12.6. The Hall–Kier alpha value is -1.89. The molecular weight excluding hydrogens is 357 g/mol. The van der Waals surface area contributed by atoms with Gasteiger partial charge in [-0.05, 0) is 36.6 Å². The summed E-state index contributed by atoms with van der Waals surface area (Å²) in [5, 5.41) is 6.85. The van der Waals surface area contributed by atoms with Gasteiger partial charge in [0.25, 0.3) is 5.91 Å². The molecule has 0 atom stereocenters. The Kier molecular flexibility index (Phi) is 4.66. The number of carbonyl (C=O) groups is 1. The quantitative estimate of drug-likeness (QED) is 0.685. The molecule has 2 aromatic heterocycles. The van der Waals surface area contributed by atoms with E-state index in [0.29, 0.717) is 32.9 Å². The Balaban J connectivity index is 2.13. The number of ether oxygens (including phenoxy) is 1. The van der Waals surface area contributed by atoms with E-state index in [1.165, 1.54) is 16.0 Å². The van der Waals surface area contributed by atoms with Crippen LogP contribution < -0.4 is 4.74 Å². The van der Waals surface area contributed by atoms with E-state index in [1.54, 1.807) is 30.3 Å². The molecule has 0 fully saturated rings. The lowest BCUT2D eigenvalue weighted by Crippen LogP contribution is -2.14. The highest BCUT2D eigenvalue weighted by atomic mass is 35.5. The van der Waals surface area contributed by atoms with Crippen LogP contribution >= 0.6 is 34.5 Å². The zero-order valence-corrected chi connectivity index (χ0v) is 14.3. The van der Waals surface area contributed by atoms with Crippen molar-refractivity contribution in [3.05, 3.63) is 50.6 Å². The third-order valence-corrected chi connectivity index (χ3v) is 4.36. The first-order valence-electron chi connectivity index (χ1n) is 6.73. The maximum Gasteiger partial charge on any atom is 0.336 e. The summed E-state index contributed by atoms with van der Waals surface area (Å²) in [6, 6.07) is 8.61. The monoisotopic (exact) mass is 367 g/mol. The predicted octanol–water partition coefficient (Wildman–Crippen LogP) is 4.40. The first-order valence-corrected chi connectivity index (χ1v) is 8.37. The number of hydrogen-bond acceptors (Lipinski definition) is 5. The van der Waals surface area contributed by atoms with Crippen LogP contribution in [-0.2, 0) is 0 Å². The lowest BCUT2D eigenvalue weighted by atomic mass is 10.2. The van der Waals surface area contributed by atoms with Crippen LogP contribution in [0.3, 0.4) is 0 Å². The number of hydrogen-bond donors (Lipinski definition) is 0. The third kappa shape index (κ3) is 3.24. The number of benzene rings is 1. The molecule has 0 unspecified atom stereocenters. The summed E-state index contributed by atoms with van der Waals surface area (Å²) in [5.74, 6) is 0.0213. The van der Waals surface area contributed by atoms with Crippen LogP contribution in [0.15, 0.2) is 35.7 Å². The van der Waals surface area contributed by atoms with Crippen LogP contribution in [0, 0.1) is 0 Å². The van der Waals surface area contributed by atoms with E-state index >= 15 is 0 Å². The molecular formula is C15H11Cl2N3O2S. The third-order valence-electron chi connectivity index (χ3n) is 2.96. The van der Waals surface area contributed by atoms with Crippen molar-refractivity contribution in [1.82, 2.24) is 14.8 Å². The highest BCUT2D eigenvalue weighted by molar-refractivity contribution is 7.12. The van der Waals surface area contributed by atoms with Gasteiger partial charge in [0.2, 0.25) is 0 Å². The van der Waals surface area contributed by atoms with Crippen molar-refractivity contribution in [2.45, 2.75) is 6.92 Å². The molecule has 23 heavy (non-hydrogen) atoms. The molecule has 0 bridgehead atoms. The van der Waals surface area contributed by atoms with Crippen LogP contribution in [0.2, 0.25) is 10.0 Å². The molecule has 0 spiro atoms. The van der Waals surface area contributed by atoms with Gasteiger partial charge in [0.1, 0.15) is 0 Å². The molecule has 3 aromatic rings. The minimum absolute atomic E-state index is 0.124. The second-order valence-corrected chi connectivity index (χ2v) is 6.26. The van der Waals surface area contributed by atoms with Crippen molar-refractivity contribution < 1.29 is 9.53 Å². The second kappa shape index (κ2) is 6.70. The Morgan fingerprint density at radius 1 is 1.35 bits per heavy atom. The molecule has 2 heterocycles. The van der Waals surface area contributed by atoms with Crippen molar-refractivity contribution in [3.8, 4) is 17.4 Å². The average Bonchev–Trinajstić information content (AvgIpc) is 3.16. The van der Waals surface area contributed by atoms with Gasteiger partial charge >= 0.3 is 6.01 Å². The number of nitrogens with zero attached hydrogens (tertiary/aromatic N) is 3. The van der Waals surface area contributed by atoms with Crippen LogP contribution in [0.5, 0.6) is 6.01 Å². The molecule has 0 aliphatic heterocycles. The maximum atomic E-state index is 12.6. The van der Waals surface area contributed by atoms with E-state index in [4.69, 9.17) is 27.9 Å². The molecule has 0 radical (unpaired) electrons. The van der Waals surface area contributed by atoms with E-state index in [-0.39, 0.29) is 11.9 Å². The van der Waals surface area contributed by atoms with Crippen molar-refractivity contribution in [1.29, 1.82) is 0 Å².